The Kier molecular flexibility index (Phi) is 5.50. The van der Waals surface area contributed by atoms with E-state index in [1.54, 1.807) is 0 Å². The summed E-state index contributed by atoms with van der Waals surface area (Å²) in [6, 6.07) is -0.326. The molecule has 3 nitrogen and oxygen atoms in total. The summed E-state index contributed by atoms with van der Waals surface area (Å²) >= 11 is 0. The van der Waals surface area contributed by atoms with Gasteiger partial charge in [-0.1, -0.05) is 13.8 Å². The molecule has 0 spiro atoms. The lowest BCUT2D eigenvalue weighted by Crippen LogP contribution is -2.44. The average molecular weight is 263 g/mol. The third-order valence-electron chi connectivity index (χ3n) is 3.33. The molecule has 1 fully saturated rings. The molecule has 0 aromatic rings. The summed E-state index contributed by atoms with van der Waals surface area (Å²) in [5.74, 6) is -3.33. The average Bonchev–Trinajstić information content (AvgIpc) is 2.26. The van der Waals surface area contributed by atoms with Crippen molar-refractivity contribution in [3.63, 3.8) is 0 Å². The first-order valence-corrected chi connectivity index (χ1v) is 6.63. The monoisotopic (exact) mass is 263 g/mol. The number of hydrogen-bond acceptors (Lipinski definition) is 2. The van der Waals surface area contributed by atoms with Gasteiger partial charge < -0.3 is 10.4 Å². The first-order chi connectivity index (χ1) is 8.34. The van der Waals surface area contributed by atoms with Gasteiger partial charge in [0.2, 0.25) is 11.8 Å². The van der Waals surface area contributed by atoms with Crippen LogP contribution in [0, 0.1) is 11.8 Å². The second-order valence-corrected chi connectivity index (χ2v) is 5.67. The molecule has 1 aliphatic carbocycles. The largest absolute Gasteiger partial charge is 0.394 e. The van der Waals surface area contributed by atoms with Gasteiger partial charge >= 0.3 is 0 Å². The molecule has 2 N–H and O–H groups in total. The molecule has 0 heterocycles. The molecule has 0 bridgehead atoms. The van der Waals surface area contributed by atoms with E-state index in [2.05, 4.69) is 5.32 Å². The zero-order chi connectivity index (χ0) is 13.8. The van der Waals surface area contributed by atoms with Crippen molar-refractivity contribution in [1.29, 1.82) is 0 Å². The fourth-order valence-electron chi connectivity index (χ4n) is 2.46. The Morgan fingerprint density at radius 3 is 2.67 bits per heavy atom. The van der Waals surface area contributed by atoms with Crippen molar-refractivity contribution < 1.29 is 18.7 Å². The molecule has 1 rings (SSSR count). The van der Waals surface area contributed by atoms with Crippen LogP contribution < -0.4 is 5.32 Å². The SMILES string of the molecule is CC(C)CC(CO)NC(=O)C1CCCC(F)(F)C1. The number of rotatable bonds is 5. The first kappa shape index (κ1) is 15.3. The summed E-state index contributed by atoms with van der Waals surface area (Å²) in [5, 5.41) is 11.8. The second-order valence-electron chi connectivity index (χ2n) is 5.67. The minimum absolute atomic E-state index is 0.119. The molecule has 0 aromatic heterocycles. The van der Waals surface area contributed by atoms with Crippen molar-refractivity contribution in [2.24, 2.45) is 11.8 Å². The molecule has 5 heteroatoms. The van der Waals surface area contributed by atoms with Gasteiger partial charge in [-0.2, -0.15) is 0 Å². The van der Waals surface area contributed by atoms with Gasteiger partial charge in [0.05, 0.1) is 12.6 Å². The van der Waals surface area contributed by atoms with Crippen LogP contribution in [0.25, 0.3) is 0 Å². The van der Waals surface area contributed by atoms with Crippen LogP contribution in [0.4, 0.5) is 8.78 Å². The van der Waals surface area contributed by atoms with E-state index in [-0.39, 0.29) is 31.4 Å². The number of hydrogen-bond donors (Lipinski definition) is 2. The maximum absolute atomic E-state index is 13.2. The molecule has 2 unspecified atom stereocenters. The minimum Gasteiger partial charge on any atom is -0.394 e. The summed E-state index contributed by atoms with van der Waals surface area (Å²) in [6.07, 6.45) is 1.08. The summed E-state index contributed by atoms with van der Waals surface area (Å²) in [7, 11) is 0. The summed E-state index contributed by atoms with van der Waals surface area (Å²) < 4.78 is 26.4. The Labute approximate surface area is 107 Å². The van der Waals surface area contributed by atoms with Crippen LogP contribution >= 0.6 is 0 Å². The van der Waals surface area contributed by atoms with Crippen molar-refractivity contribution in [3.05, 3.63) is 0 Å². The second kappa shape index (κ2) is 6.45. The minimum atomic E-state index is -2.72. The molecule has 0 radical (unpaired) electrons. The standard InChI is InChI=1S/C13H23F2NO2/c1-9(2)6-11(8-17)16-12(18)10-4-3-5-13(14,15)7-10/h9-11,17H,3-8H2,1-2H3,(H,16,18). The van der Waals surface area contributed by atoms with Gasteiger partial charge in [-0.05, 0) is 25.2 Å². The van der Waals surface area contributed by atoms with E-state index in [1.165, 1.54) is 0 Å². The van der Waals surface area contributed by atoms with E-state index >= 15 is 0 Å². The third-order valence-corrected chi connectivity index (χ3v) is 3.33. The number of alkyl halides is 2. The number of halogens is 2. The summed E-state index contributed by atoms with van der Waals surface area (Å²) in [6.45, 7) is 3.83. The van der Waals surface area contributed by atoms with Gasteiger partial charge in [0.1, 0.15) is 0 Å². The molecule has 18 heavy (non-hydrogen) atoms. The van der Waals surface area contributed by atoms with E-state index in [0.29, 0.717) is 25.2 Å². The number of aliphatic hydroxyl groups is 1. The van der Waals surface area contributed by atoms with Crippen LogP contribution in [0.2, 0.25) is 0 Å². The zero-order valence-electron chi connectivity index (χ0n) is 11.1. The maximum atomic E-state index is 13.2. The van der Waals surface area contributed by atoms with E-state index in [0.717, 1.165) is 0 Å². The molecule has 0 aliphatic heterocycles. The topological polar surface area (TPSA) is 49.3 Å². The Bertz CT molecular complexity index is 282. The third kappa shape index (κ3) is 4.88. The van der Waals surface area contributed by atoms with Crippen molar-refractivity contribution in [3.8, 4) is 0 Å². The molecule has 1 saturated carbocycles. The quantitative estimate of drug-likeness (QED) is 0.800. The molecule has 0 aromatic carbocycles. The first-order valence-electron chi connectivity index (χ1n) is 6.63. The van der Waals surface area contributed by atoms with Gasteiger partial charge in [-0.3, -0.25) is 4.79 Å². The van der Waals surface area contributed by atoms with Gasteiger partial charge in [-0.15, -0.1) is 0 Å². The highest BCUT2D eigenvalue weighted by Crippen LogP contribution is 2.36. The van der Waals surface area contributed by atoms with Gasteiger partial charge in [0, 0.05) is 18.8 Å². The zero-order valence-corrected chi connectivity index (χ0v) is 11.1. The van der Waals surface area contributed by atoms with Gasteiger partial charge in [0.15, 0.2) is 0 Å². The van der Waals surface area contributed by atoms with Crippen LogP contribution in [0.5, 0.6) is 0 Å². The molecule has 1 amide bonds. The maximum Gasteiger partial charge on any atom is 0.248 e. The van der Waals surface area contributed by atoms with Gasteiger partial charge in [-0.25, -0.2) is 8.78 Å². The molecule has 106 valence electrons. The van der Waals surface area contributed by atoms with Crippen LogP contribution in [0.1, 0.15) is 46.0 Å². The van der Waals surface area contributed by atoms with Crippen LogP contribution in [0.3, 0.4) is 0 Å². The van der Waals surface area contributed by atoms with Crippen molar-refractivity contribution in [2.75, 3.05) is 6.61 Å². The van der Waals surface area contributed by atoms with Crippen molar-refractivity contribution in [1.82, 2.24) is 5.32 Å². The Hall–Kier alpha value is -0.710. The number of carbonyl (C=O) groups excluding carboxylic acids is 1. The molecule has 0 saturated heterocycles. The normalized spacial score (nSPS) is 24.9. The number of nitrogens with one attached hydrogen (secondary N) is 1. The fraction of sp³-hybridized carbons (Fsp3) is 0.923. The van der Waals surface area contributed by atoms with Crippen molar-refractivity contribution >= 4 is 5.91 Å². The summed E-state index contributed by atoms with van der Waals surface area (Å²) in [5.41, 5.74) is 0. The molecule has 1 aliphatic rings. The van der Waals surface area contributed by atoms with Crippen LogP contribution in [-0.4, -0.2) is 29.6 Å². The summed E-state index contributed by atoms with van der Waals surface area (Å²) in [4.78, 5) is 11.9. The van der Waals surface area contributed by atoms with E-state index in [9.17, 15) is 13.6 Å². The lowest BCUT2D eigenvalue weighted by Gasteiger charge is -2.29. The lowest BCUT2D eigenvalue weighted by atomic mass is 9.85. The Balaban J connectivity index is 2.48. The van der Waals surface area contributed by atoms with Crippen molar-refractivity contribution in [2.45, 2.75) is 57.9 Å². The highest BCUT2D eigenvalue weighted by molar-refractivity contribution is 5.79. The smallest absolute Gasteiger partial charge is 0.248 e. The highest BCUT2D eigenvalue weighted by atomic mass is 19.3. The predicted octanol–water partition coefficient (Wildman–Crippen LogP) is 2.34. The molecular formula is C13H23F2NO2. The fourth-order valence-corrected chi connectivity index (χ4v) is 2.46. The van der Waals surface area contributed by atoms with Gasteiger partial charge in [0.25, 0.3) is 0 Å². The van der Waals surface area contributed by atoms with E-state index < -0.39 is 11.8 Å². The lowest BCUT2D eigenvalue weighted by molar-refractivity contribution is -0.133. The van der Waals surface area contributed by atoms with Crippen LogP contribution in [-0.2, 0) is 4.79 Å². The van der Waals surface area contributed by atoms with Crippen LogP contribution in [0.15, 0.2) is 0 Å². The number of aliphatic hydroxyl groups excluding tert-OH is 1. The van der Waals surface area contributed by atoms with E-state index in [4.69, 9.17) is 5.11 Å². The van der Waals surface area contributed by atoms with E-state index in [1.807, 2.05) is 13.8 Å². The molecule has 2 atom stereocenters. The highest BCUT2D eigenvalue weighted by Gasteiger charge is 2.39. The molecular weight excluding hydrogens is 240 g/mol. The number of amides is 1. The Morgan fingerprint density at radius 1 is 1.50 bits per heavy atom. The number of carbonyl (C=O) groups is 1. The predicted molar refractivity (Wildman–Crippen MR) is 65.4 cm³/mol. The Morgan fingerprint density at radius 2 is 2.17 bits per heavy atom.